The van der Waals surface area contributed by atoms with Gasteiger partial charge in [0.2, 0.25) is 5.91 Å². The molecular formula is C14H21ClN2O2. The molecular weight excluding hydrogens is 264 g/mol. The van der Waals surface area contributed by atoms with Crippen molar-refractivity contribution < 1.29 is 9.53 Å². The highest BCUT2D eigenvalue weighted by molar-refractivity contribution is 5.92. The Bertz CT molecular complexity index is 406. The van der Waals surface area contributed by atoms with Gasteiger partial charge in [-0.3, -0.25) is 4.79 Å². The molecule has 1 saturated heterocycles. The lowest BCUT2D eigenvalue weighted by molar-refractivity contribution is -0.117. The second kappa shape index (κ2) is 8.02. The smallest absolute Gasteiger partial charge is 0.224 e. The lowest BCUT2D eigenvalue weighted by Gasteiger charge is -2.22. The summed E-state index contributed by atoms with van der Waals surface area (Å²) in [5, 5.41) is 6.23. The molecule has 0 saturated carbocycles. The van der Waals surface area contributed by atoms with E-state index in [0.717, 1.165) is 31.6 Å². The van der Waals surface area contributed by atoms with E-state index in [4.69, 9.17) is 4.74 Å². The highest BCUT2D eigenvalue weighted by atomic mass is 35.5. The van der Waals surface area contributed by atoms with E-state index in [-0.39, 0.29) is 18.3 Å². The maximum atomic E-state index is 12.0. The van der Waals surface area contributed by atoms with E-state index in [2.05, 4.69) is 10.6 Å². The Morgan fingerprint density at radius 2 is 2.05 bits per heavy atom. The zero-order chi connectivity index (χ0) is 12.8. The Morgan fingerprint density at radius 3 is 2.74 bits per heavy atom. The number of methoxy groups -OCH3 is 1. The molecule has 0 atom stereocenters. The molecule has 0 unspecified atom stereocenters. The number of amides is 1. The van der Waals surface area contributed by atoms with Crippen LogP contribution in [0.25, 0.3) is 0 Å². The highest BCUT2D eigenvalue weighted by Gasteiger charge is 2.17. The molecule has 0 aromatic heterocycles. The summed E-state index contributed by atoms with van der Waals surface area (Å²) in [6.07, 6.45) is 2.76. The topological polar surface area (TPSA) is 50.4 Å². The average molecular weight is 285 g/mol. The number of ether oxygens (including phenoxy) is 1. The third kappa shape index (κ3) is 4.73. The molecule has 0 bridgehead atoms. The average Bonchev–Trinajstić information content (AvgIpc) is 2.40. The van der Waals surface area contributed by atoms with Crippen LogP contribution in [0.1, 0.15) is 19.3 Å². The number of halogens is 1. The number of rotatable bonds is 4. The Balaban J connectivity index is 0.00000180. The van der Waals surface area contributed by atoms with E-state index >= 15 is 0 Å². The summed E-state index contributed by atoms with van der Waals surface area (Å²) in [7, 11) is 1.61. The third-order valence-electron chi connectivity index (χ3n) is 3.31. The van der Waals surface area contributed by atoms with Gasteiger partial charge in [-0.25, -0.2) is 0 Å². The van der Waals surface area contributed by atoms with Gasteiger partial charge in [-0.15, -0.1) is 12.4 Å². The number of para-hydroxylation sites is 2. The van der Waals surface area contributed by atoms with Gasteiger partial charge in [0.1, 0.15) is 5.75 Å². The van der Waals surface area contributed by atoms with Crippen LogP contribution in [0, 0.1) is 5.92 Å². The number of benzene rings is 1. The molecule has 0 spiro atoms. The van der Waals surface area contributed by atoms with Gasteiger partial charge >= 0.3 is 0 Å². The predicted octanol–water partition coefficient (Wildman–Crippen LogP) is 2.45. The molecule has 1 fully saturated rings. The molecule has 5 heteroatoms. The molecule has 0 radical (unpaired) electrons. The van der Waals surface area contributed by atoms with E-state index in [9.17, 15) is 4.79 Å². The van der Waals surface area contributed by atoms with Crippen LogP contribution >= 0.6 is 12.4 Å². The van der Waals surface area contributed by atoms with Gasteiger partial charge in [0.05, 0.1) is 12.8 Å². The molecule has 1 aromatic rings. The summed E-state index contributed by atoms with van der Waals surface area (Å²) in [4.78, 5) is 12.0. The summed E-state index contributed by atoms with van der Waals surface area (Å²) in [6.45, 7) is 2.04. The van der Waals surface area contributed by atoms with Crippen LogP contribution in [0.4, 0.5) is 5.69 Å². The zero-order valence-electron chi connectivity index (χ0n) is 11.1. The van der Waals surface area contributed by atoms with E-state index in [1.807, 2.05) is 24.3 Å². The second-order valence-electron chi connectivity index (χ2n) is 4.65. The molecule has 19 heavy (non-hydrogen) atoms. The van der Waals surface area contributed by atoms with Crippen molar-refractivity contribution in [3.8, 4) is 5.75 Å². The number of nitrogens with one attached hydrogen (secondary N) is 2. The Hall–Kier alpha value is -1.26. The van der Waals surface area contributed by atoms with Crippen LogP contribution in [-0.2, 0) is 4.79 Å². The van der Waals surface area contributed by atoms with E-state index in [0.29, 0.717) is 18.1 Å². The standard InChI is InChI=1S/C14H20N2O2.ClH/c1-18-13-5-3-2-4-12(13)16-14(17)10-11-6-8-15-9-7-11;/h2-5,11,15H,6-10H2,1H3,(H,16,17);1H. The number of piperidine rings is 1. The predicted molar refractivity (Wildman–Crippen MR) is 79.1 cm³/mol. The van der Waals surface area contributed by atoms with Crippen LogP contribution in [0.15, 0.2) is 24.3 Å². The molecule has 1 aliphatic heterocycles. The fraction of sp³-hybridized carbons (Fsp3) is 0.500. The molecule has 0 aliphatic carbocycles. The first-order valence-electron chi connectivity index (χ1n) is 6.43. The molecule has 4 nitrogen and oxygen atoms in total. The maximum absolute atomic E-state index is 12.0. The van der Waals surface area contributed by atoms with Crippen molar-refractivity contribution in [2.24, 2.45) is 5.92 Å². The number of hydrogen-bond donors (Lipinski definition) is 2. The van der Waals surface area contributed by atoms with Crippen LogP contribution in [-0.4, -0.2) is 26.1 Å². The molecule has 1 aliphatic rings. The summed E-state index contributed by atoms with van der Waals surface area (Å²) in [6, 6.07) is 7.49. The van der Waals surface area contributed by atoms with Gasteiger partial charge in [-0.05, 0) is 44.0 Å². The second-order valence-corrected chi connectivity index (χ2v) is 4.65. The minimum atomic E-state index is 0. The largest absolute Gasteiger partial charge is 0.495 e. The zero-order valence-corrected chi connectivity index (χ0v) is 12.0. The fourth-order valence-corrected chi connectivity index (χ4v) is 2.30. The van der Waals surface area contributed by atoms with E-state index in [1.165, 1.54) is 0 Å². The summed E-state index contributed by atoms with van der Waals surface area (Å²) < 4.78 is 5.21. The summed E-state index contributed by atoms with van der Waals surface area (Å²) >= 11 is 0. The normalized spacial score (nSPS) is 15.4. The minimum Gasteiger partial charge on any atom is -0.495 e. The maximum Gasteiger partial charge on any atom is 0.224 e. The monoisotopic (exact) mass is 284 g/mol. The van der Waals surface area contributed by atoms with Gasteiger partial charge in [0.25, 0.3) is 0 Å². The van der Waals surface area contributed by atoms with Crippen molar-refractivity contribution in [2.75, 3.05) is 25.5 Å². The van der Waals surface area contributed by atoms with Gasteiger partial charge in [-0.2, -0.15) is 0 Å². The van der Waals surface area contributed by atoms with Crippen LogP contribution < -0.4 is 15.4 Å². The van der Waals surface area contributed by atoms with Crippen molar-refractivity contribution in [3.05, 3.63) is 24.3 Å². The SMILES string of the molecule is COc1ccccc1NC(=O)CC1CCNCC1.Cl. The number of anilines is 1. The summed E-state index contributed by atoms with van der Waals surface area (Å²) in [5.74, 6) is 1.28. The van der Waals surface area contributed by atoms with Crippen molar-refractivity contribution in [1.29, 1.82) is 0 Å². The van der Waals surface area contributed by atoms with Gasteiger partial charge in [0, 0.05) is 6.42 Å². The molecule has 1 amide bonds. The molecule has 2 rings (SSSR count). The summed E-state index contributed by atoms with van der Waals surface area (Å²) in [5.41, 5.74) is 0.749. The molecule has 106 valence electrons. The van der Waals surface area contributed by atoms with Crippen molar-refractivity contribution >= 4 is 24.0 Å². The van der Waals surface area contributed by atoms with Crippen molar-refractivity contribution in [1.82, 2.24) is 5.32 Å². The van der Waals surface area contributed by atoms with E-state index in [1.54, 1.807) is 7.11 Å². The van der Waals surface area contributed by atoms with Crippen LogP contribution in [0.5, 0.6) is 5.75 Å². The lowest BCUT2D eigenvalue weighted by Crippen LogP contribution is -2.30. The Kier molecular flexibility index (Phi) is 6.67. The Morgan fingerprint density at radius 1 is 1.37 bits per heavy atom. The van der Waals surface area contributed by atoms with E-state index < -0.39 is 0 Å². The third-order valence-corrected chi connectivity index (χ3v) is 3.31. The molecule has 1 aromatic carbocycles. The first kappa shape index (κ1) is 15.8. The minimum absolute atomic E-state index is 0. The molecule has 2 N–H and O–H groups in total. The van der Waals surface area contributed by atoms with Gasteiger partial charge in [-0.1, -0.05) is 12.1 Å². The van der Waals surface area contributed by atoms with Crippen LogP contribution in [0.2, 0.25) is 0 Å². The van der Waals surface area contributed by atoms with Crippen molar-refractivity contribution in [3.63, 3.8) is 0 Å². The quantitative estimate of drug-likeness (QED) is 0.893. The number of hydrogen-bond acceptors (Lipinski definition) is 3. The first-order chi connectivity index (χ1) is 8.79. The number of carbonyl (C=O) groups is 1. The molecule has 1 heterocycles. The first-order valence-corrected chi connectivity index (χ1v) is 6.43. The van der Waals surface area contributed by atoms with Crippen molar-refractivity contribution in [2.45, 2.75) is 19.3 Å². The van der Waals surface area contributed by atoms with Crippen LogP contribution in [0.3, 0.4) is 0 Å². The number of carbonyl (C=O) groups excluding carboxylic acids is 1. The Labute approximate surface area is 120 Å². The van der Waals surface area contributed by atoms with Gasteiger partial charge in [0.15, 0.2) is 0 Å². The lowest BCUT2D eigenvalue weighted by atomic mass is 9.94. The fourth-order valence-electron chi connectivity index (χ4n) is 2.30. The van der Waals surface area contributed by atoms with Gasteiger partial charge < -0.3 is 15.4 Å². The highest BCUT2D eigenvalue weighted by Crippen LogP contribution is 2.24.